The Morgan fingerprint density at radius 2 is 2.06 bits per heavy atom. The van der Waals surface area contributed by atoms with Gasteiger partial charge in [-0.25, -0.2) is 0 Å². The number of rotatable bonds is 5. The standard InChI is InChI=1S/C12H17N3O2/c1-2-12(7-16,8-17)15-11-5-9(6-13)3-4-10(11)14/h3-5,15-17H,2,7-8,14H2,1H3. The van der Waals surface area contributed by atoms with Gasteiger partial charge in [-0.05, 0) is 24.6 Å². The van der Waals surface area contributed by atoms with E-state index >= 15 is 0 Å². The molecule has 1 aromatic rings. The maximum absolute atomic E-state index is 9.33. The number of nitrogens with one attached hydrogen (secondary N) is 1. The highest BCUT2D eigenvalue weighted by Crippen LogP contribution is 2.25. The Kier molecular flexibility index (Phi) is 4.32. The molecule has 0 aliphatic carbocycles. The van der Waals surface area contributed by atoms with Gasteiger partial charge in [0.2, 0.25) is 0 Å². The maximum Gasteiger partial charge on any atom is 0.0992 e. The fraction of sp³-hybridized carbons (Fsp3) is 0.417. The van der Waals surface area contributed by atoms with Crippen LogP contribution in [0.15, 0.2) is 18.2 Å². The van der Waals surface area contributed by atoms with Crippen LogP contribution in [0.3, 0.4) is 0 Å². The molecule has 1 aromatic carbocycles. The van der Waals surface area contributed by atoms with Gasteiger partial charge >= 0.3 is 0 Å². The van der Waals surface area contributed by atoms with E-state index in [9.17, 15) is 10.2 Å². The first-order chi connectivity index (χ1) is 8.10. The summed E-state index contributed by atoms with van der Waals surface area (Å²) in [5.74, 6) is 0. The topological polar surface area (TPSA) is 102 Å². The van der Waals surface area contributed by atoms with Crippen molar-refractivity contribution in [2.45, 2.75) is 18.9 Å². The minimum absolute atomic E-state index is 0.212. The second-order valence-electron chi connectivity index (χ2n) is 3.99. The molecule has 5 nitrogen and oxygen atoms in total. The molecule has 5 N–H and O–H groups in total. The summed E-state index contributed by atoms with van der Waals surface area (Å²) in [6, 6.07) is 6.85. The molecule has 0 radical (unpaired) electrons. The minimum Gasteiger partial charge on any atom is -0.397 e. The predicted octanol–water partition coefficient (Wildman–Crippen LogP) is 0.686. The summed E-state index contributed by atoms with van der Waals surface area (Å²) in [5.41, 5.74) is 6.46. The van der Waals surface area contributed by atoms with Crippen molar-refractivity contribution < 1.29 is 10.2 Å². The Hall–Kier alpha value is -1.77. The van der Waals surface area contributed by atoms with Crippen LogP contribution in [0.4, 0.5) is 11.4 Å². The highest BCUT2D eigenvalue weighted by molar-refractivity contribution is 5.69. The van der Waals surface area contributed by atoms with Gasteiger partial charge in [0, 0.05) is 0 Å². The maximum atomic E-state index is 9.33. The lowest BCUT2D eigenvalue weighted by Gasteiger charge is -2.31. The summed E-state index contributed by atoms with van der Waals surface area (Å²) in [6.07, 6.45) is 0.538. The van der Waals surface area contributed by atoms with Crippen LogP contribution in [0.25, 0.3) is 0 Å². The third-order valence-corrected chi connectivity index (χ3v) is 2.86. The number of nitrogens with zero attached hydrogens (tertiary/aromatic N) is 1. The molecule has 5 heteroatoms. The molecule has 0 atom stereocenters. The number of hydrogen-bond acceptors (Lipinski definition) is 5. The van der Waals surface area contributed by atoms with Crippen molar-refractivity contribution in [2.24, 2.45) is 0 Å². The van der Waals surface area contributed by atoms with E-state index in [1.807, 2.05) is 13.0 Å². The molecule has 0 heterocycles. The van der Waals surface area contributed by atoms with Crippen molar-refractivity contribution in [3.63, 3.8) is 0 Å². The van der Waals surface area contributed by atoms with Gasteiger partial charge in [-0.2, -0.15) is 5.26 Å². The SMILES string of the molecule is CCC(CO)(CO)Nc1cc(C#N)ccc1N. The fourth-order valence-corrected chi connectivity index (χ4v) is 1.46. The second-order valence-corrected chi connectivity index (χ2v) is 3.99. The second kappa shape index (κ2) is 5.53. The monoisotopic (exact) mass is 235 g/mol. The van der Waals surface area contributed by atoms with Crippen molar-refractivity contribution >= 4 is 11.4 Å². The van der Waals surface area contributed by atoms with Gasteiger partial charge < -0.3 is 21.3 Å². The van der Waals surface area contributed by atoms with E-state index < -0.39 is 5.54 Å². The lowest BCUT2D eigenvalue weighted by atomic mass is 9.97. The number of nitriles is 1. The van der Waals surface area contributed by atoms with E-state index in [2.05, 4.69) is 5.32 Å². The summed E-state index contributed by atoms with van der Waals surface area (Å²) in [7, 11) is 0. The van der Waals surface area contributed by atoms with E-state index in [4.69, 9.17) is 11.0 Å². The van der Waals surface area contributed by atoms with Crippen LogP contribution in [-0.2, 0) is 0 Å². The molecule has 92 valence electrons. The van der Waals surface area contributed by atoms with Gasteiger partial charge in [-0.1, -0.05) is 6.92 Å². The van der Waals surface area contributed by atoms with Crippen LogP contribution in [-0.4, -0.2) is 29.0 Å². The smallest absolute Gasteiger partial charge is 0.0992 e. The first-order valence-corrected chi connectivity index (χ1v) is 5.40. The van der Waals surface area contributed by atoms with Crippen molar-refractivity contribution in [3.05, 3.63) is 23.8 Å². The number of anilines is 2. The molecule has 0 bridgehead atoms. The van der Waals surface area contributed by atoms with Gasteiger partial charge in [0.1, 0.15) is 0 Å². The third-order valence-electron chi connectivity index (χ3n) is 2.86. The average molecular weight is 235 g/mol. The fourth-order valence-electron chi connectivity index (χ4n) is 1.46. The molecular weight excluding hydrogens is 218 g/mol. The van der Waals surface area contributed by atoms with Gasteiger partial charge in [0.25, 0.3) is 0 Å². The molecule has 0 spiro atoms. The summed E-state index contributed by atoms with van der Waals surface area (Å²) in [6.45, 7) is 1.43. The summed E-state index contributed by atoms with van der Waals surface area (Å²) in [4.78, 5) is 0. The molecule has 0 saturated heterocycles. The third kappa shape index (κ3) is 2.87. The highest BCUT2D eigenvalue weighted by atomic mass is 16.3. The number of aliphatic hydroxyl groups is 2. The van der Waals surface area contributed by atoms with Gasteiger partial charge in [0.15, 0.2) is 0 Å². The van der Waals surface area contributed by atoms with Gasteiger partial charge in [-0.3, -0.25) is 0 Å². The van der Waals surface area contributed by atoms with Gasteiger partial charge in [-0.15, -0.1) is 0 Å². The molecule has 0 saturated carbocycles. The summed E-state index contributed by atoms with van der Waals surface area (Å²) >= 11 is 0. The van der Waals surface area contributed by atoms with Crippen LogP contribution in [0.2, 0.25) is 0 Å². The van der Waals surface area contributed by atoms with Crippen molar-refractivity contribution in [1.82, 2.24) is 0 Å². The Labute approximate surface area is 100 Å². The van der Waals surface area contributed by atoms with E-state index in [1.54, 1.807) is 18.2 Å². The normalized spacial score (nSPS) is 10.9. The van der Waals surface area contributed by atoms with E-state index in [-0.39, 0.29) is 13.2 Å². The average Bonchev–Trinajstić information content (AvgIpc) is 2.38. The summed E-state index contributed by atoms with van der Waals surface area (Å²) in [5, 5.41) is 30.5. The first kappa shape index (κ1) is 13.3. The Morgan fingerprint density at radius 3 is 2.53 bits per heavy atom. The molecule has 0 amide bonds. The van der Waals surface area contributed by atoms with Crippen LogP contribution < -0.4 is 11.1 Å². The molecule has 0 aliphatic rings. The quantitative estimate of drug-likeness (QED) is 0.562. The molecule has 1 rings (SSSR count). The van der Waals surface area contributed by atoms with E-state index in [0.29, 0.717) is 23.4 Å². The zero-order chi connectivity index (χ0) is 12.9. The van der Waals surface area contributed by atoms with Crippen LogP contribution >= 0.6 is 0 Å². The largest absolute Gasteiger partial charge is 0.397 e. The lowest BCUT2D eigenvalue weighted by Crippen LogP contribution is -2.45. The number of aliphatic hydroxyl groups excluding tert-OH is 2. The van der Waals surface area contributed by atoms with Crippen molar-refractivity contribution in [3.8, 4) is 6.07 Å². The first-order valence-electron chi connectivity index (χ1n) is 5.40. The Bertz CT molecular complexity index is 414. The highest BCUT2D eigenvalue weighted by Gasteiger charge is 2.26. The van der Waals surface area contributed by atoms with Crippen molar-refractivity contribution in [2.75, 3.05) is 24.3 Å². The molecule has 0 aliphatic heterocycles. The number of hydrogen-bond donors (Lipinski definition) is 4. The number of benzene rings is 1. The van der Waals surface area contributed by atoms with Crippen molar-refractivity contribution in [1.29, 1.82) is 5.26 Å². The molecule has 0 fully saturated rings. The van der Waals surface area contributed by atoms with Crippen LogP contribution in [0.1, 0.15) is 18.9 Å². The van der Waals surface area contributed by atoms with Crippen LogP contribution in [0, 0.1) is 11.3 Å². The summed E-state index contributed by atoms with van der Waals surface area (Å²) < 4.78 is 0. The zero-order valence-electron chi connectivity index (χ0n) is 9.77. The molecular formula is C12H17N3O2. The number of nitrogens with two attached hydrogens (primary N) is 1. The molecule has 0 unspecified atom stereocenters. The number of nitrogen functional groups attached to an aromatic ring is 1. The predicted molar refractivity (Wildman–Crippen MR) is 66.4 cm³/mol. The van der Waals surface area contributed by atoms with Crippen LogP contribution in [0.5, 0.6) is 0 Å². The molecule has 17 heavy (non-hydrogen) atoms. The van der Waals surface area contributed by atoms with E-state index in [1.165, 1.54) is 0 Å². The Morgan fingerprint density at radius 1 is 1.41 bits per heavy atom. The lowest BCUT2D eigenvalue weighted by molar-refractivity contribution is 0.132. The van der Waals surface area contributed by atoms with E-state index in [0.717, 1.165) is 0 Å². The zero-order valence-corrected chi connectivity index (χ0v) is 9.77. The van der Waals surface area contributed by atoms with Gasteiger partial charge in [0.05, 0.1) is 41.8 Å². The molecule has 0 aromatic heterocycles. The Balaban J connectivity index is 3.05. The minimum atomic E-state index is -0.817.